The molecule has 30 heavy (non-hydrogen) atoms. The normalized spacial score (nSPS) is 19.5. The fourth-order valence-corrected chi connectivity index (χ4v) is 4.24. The van der Waals surface area contributed by atoms with Crippen molar-refractivity contribution < 1.29 is 14.0 Å². The van der Waals surface area contributed by atoms with E-state index >= 15 is 0 Å². The molecule has 1 aliphatic carbocycles. The second-order valence-electron chi connectivity index (χ2n) is 7.65. The fourth-order valence-electron chi connectivity index (χ4n) is 4.11. The molecule has 1 saturated carbocycles. The average molecular weight is 421 g/mol. The first kappa shape index (κ1) is 20.2. The van der Waals surface area contributed by atoms with E-state index in [2.05, 4.69) is 0 Å². The third kappa shape index (κ3) is 3.71. The predicted molar refractivity (Wildman–Crippen MR) is 114 cm³/mol. The molecule has 4 rings (SSSR count). The number of halogens is 1. The summed E-state index contributed by atoms with van der Waals surface area (Å²) < 4.78 is 5.90. The molecule has 1 aliphatic heterocycles. The van der Waals surface area contributed by atoms with Crippen LogP contribution in [0.2, 0.25) is 5.02 Å². The zero-order valence-corrected chi connectivity index (χ0v) is 17.4. The maximum absolute atomic E-state index is 13.3. The zero-order chi connectivity index (χ0) is 21.3. The van der Waals surface area contributed by atoms with Crippen LogP contribution in [0.5, 0.6) is 0 Å². The monoisotopic (exact) mass is 420 g/mol. The van der Waals surface area contributed by atoms with E-state index < -0.39 is 5.91 Å². The molecule has 0 spiro atoms. The van der Waals surface area contributed by atoms with E-state index in [0.29, 0.717) is 27.7 Å². The van der Waals surface area contributed by atoms with Gasteiger partial charge in [-0.3, -0.25) is 14.5 Å². The fraction of sp³-hybridized carbons (Fsp3) is 0.292. The number of carbonyl (C=O) groups is 2. The number of nitriles is 1. The van der Waals surface area contributed by atoms with E-state index in [9.17, 15) is 14.9 Å². The predicted octanol–water partition coefficient (Wildman–Crippen LogP) is 5.52. The first-order valence-electron chi connectivity index (χ1n) is 10.1. The van der Waals surface area contributed by atoms with Crippen LogP contribution < -0.4 is 0 Å². The first-order valence-corrected chi connectivity index (χ1v) is 10.4. The molecular weight excluding hydrogens is 400 g/mol. The Bertz CT molecular complexity index is 1100. The number of benzene rings is 1. The number of carbonyl (C=O) groups excluding carboxylic acids is 2. The molecule has 0 unspecified atom stereocenters. The Labute approximate surface area is 180 Å². The van der Waals surface area contributed by atoms with Crippen molar-refractivity contribution in [2.45, 2.75) is 45.1 Å². The van der Waals surface area contributed by atoms with Gasteiger partial charge >= 0.3 is 0 Å². The van der Waals surface area contributed by atoms with E-state index in [1.807, 2.05) is 24.3 Å². The third-order valence-corrected chi connectivity index (χ3v) is 6.01. The van der Waals surface area contributed by atoms with Gasteiger partial charge in [0.1, 0.15) is 23.2 Å². The summed E-state index contributed by atoms with van der Waals surface area (Å²) in [6.07, 6.45) is 6.25. The number of nitrogens with zero attached hydrogens (tertiary/aromatic N) is 2. The van der Waals surface area contributed by atoms with Gasteiger partial charge in [-0.15, -0.1) is 0 Å². The van der Waals surface area contributed by atoms with Gasteiger partial charge in [-0.2, -0.15) is 5.26 Å². The summed E-state index contributed by atoms with van der Waals surface area (Å²) >= 11 is 5.94. The first-order chi connectivity index (χ1) is 14.5. The van der Waals surface area contributed by atoms with E-state index in [-0.39, 0.29) is 17.5 Å². The molecule has 2 amide bonds. The Morgan fingerprint density at radius 1 is 1.07 bits per heavy atom. The Balaban J connectivity index is 1.71. The average Bonchev–Trinajstić information content (AvgIpc) is 3.21. The molecule has 0 saturated heterocycles. The van der Waals surface area contributed by atoms with Gasteiger partial charge in [-0.25, -0.2) is 0 Å². The lowest BCUT2D eigenvalue weighted by molar-refractivity contribution is -0.143. The second-order valence-corrected chi connectivity index (χ2v) is 8.09. The summed E-state index contributed by atoms with van der Waals surface area (Å²) in [5.74, 6) is 0.292. The van der Waals surface area contributed by atoms with Gasteiger partial charge in [-0.05, 0) is 67.8 Å². The molecule has 0 radical (unpaired) electrons. The minimum Gasteiger partial charge on any atom is -0.457 e. The largest absolute Gasteiger partial charge is 0.457 e. The summed E-state index contributed by atoms with van der Waals surface area (Å²) in [4.78, 5) is 27.4. The lowest BCUT2D eigenvalue weighted by Crippen LogP contribution is -2.49. The Hall–Kier alpha value is -3.10. The standard InChI is InChI=1S/C24H21ClN2O3/c1-15-20(13-19-11-12-22(30-19)16-7-9-17(25)10-8-16)23(28)27(24(29)21(15)14-26)18-5-3-2-4-6-18/h7-13,18H,2-6H2,1H3/b20-13+. The van der Waals surface area contributed by atoms with Crippen molar-refractivity contribution in [2.24, 2.45) is 0 Å². The van der Waals surface area contributed by atoms with Gasteiger partial charge in [0.25, 0.3) is 11.8 Å². The Kier molecular flexibility index (Phi) is 5.61. The lowest BCUT2D eigenvalue weighted by Gasteiger charge is -2.36. The van der Waals surface area contributed by atoms with E-state index in [1.165, 1.54) is 4.90 Å². The maximum Gasteiger partial charge on any atom is 0.271 e. The topological polar surface area (TPSA) is 74.3 Å². The molecule has 0 bridgehead atoms. The molecule has 5 nitrogen and oxygen atoms in total. The smallest absolute Gasteiger partial charge is 0.271 e. The van der Waals surface area contributed by atoms with Gasteiger partial charge in [0.15, 0.2) is 0 Å². The van der Waals surface area contributed by atoms with Crippen LogP contribution in [0.3, 0.4) is 0 Å². The molecule has 6 heteroatoms. The summed E-state index contributed by atoms with van der Waals surface area (Å²) in [7, 11) is 0. The third-order valence-electron chi connectivity index (χ3n) is 5.75. The molecule has 1 aromatic heterocycles. The quantitative estimate of drug-likeness (QED) is 0.483. The van der Waals surface area contributed by atoms with Crippen LogP contribution >= 0.6 is 11.6 Å². The molecular formula is C24H21ClN2O3. The van der Waals surface area contributed by atoms with Crippen LogP contribution in [0, 0.1) is 11.3 Å². The number of hydrogen-bond acceptors (Lipinski definition) is 4. The van der Waals surface area contributed by atoms with Gasteiger partial charge in [-0.1, -0.05) is 30.9 Å². The van der Waals surface area contributed by atoms with E-state index in [1.54, 1.807) is 31.2 Å². The van der Waals surface area contributed by atoms with Crippen molar-refractivity contribution in [3.8, 4) is 17.4 Å². The molecule has 2 heterocycles. The van der Waals surface area contributed by atoms with Crippen LogP contribution in [-0.4, -0.2) is 22.8 Å². The van der Waals surface area contributed by atoms with Crippen molar-refractivity contribution in [1.82, 2.24) is 4.90 Å². The summed E-state index contributed by atoms with van der Waals surface area (Å²) in [5, 5.41) is 10.2. The van der Waals surface area contributed by atoms with Gasteiger partial charge in [0, 0.05) is 22.2 Å². The van der Waals surface area contributed by atoms with E-state index in [0.717, 1.165) is 37.7 Å². The molecule has 1 aromatic carbocycles. The minimum absolute atomic E-state index is 0.0240. The van der Waals surface area contributed by atoms with Gasteiger partial charge < -0.3 is 4.42 Å². The number of hydrogen-bond donors (Lipinski definition) is 0. The number of rotatable bonds is 3. The van der Waals surface area contributed by atoms with Crippen LogP contribution in [-0.2, 0) is 9.59 Å². The zero-order valence-electron chi connectivity index (χ0n) is 16.7. The van der Waals surface area contributed by atoms with Gasteiger partial charge in [0.2, 0.25) is 0 Å². The highest BCUT2D eigenvalue weighted by Gasteiger charge is 2.39. The molecule has 2 aliphatic rings. The van der Waals surface area contributed by atoms with Crippen molar-refractivity contribution in [1.29, 1.82) is 5.26 Å². The molecule has 1 fully saturated rings. The minimum atomic E-state index is -0.481. The van der Waals surface area contributed by atoms with Crippen LogP contribution in [0.4, 0.5) is 0 Å². The Morgan fingerprint density at radius 2 is 1.77 bits per heavy atom. The molecule has 0 atom stereocenters. The van der Waals surface area contributed by atoms with Gasteiger partial charge in [0.05, 0.1) is 0 Å². The number of amides is 2. The number of imide groups is 1. The summed E-state index contributed by atoms with van der Waals surface area (Å²) in [6, 6.07) is 12.7. The Morgan fingerprint density at radius 3 is 2.43 bits per heavy atom. The van der Waals surface area contributed by atoms with Crippen LogP contribution in [0.25, 0.3) is 17.4 Å². The second kappa shape index (κ2) is 8.33. The highest BCUT2D eigenvalue weighted by atomic mass is 35.5. The molecule has 152 valence electrons. The van der Waals surface area contributed by atoms with Crippen molar-refractivity contribution in [2.75, 3.05) is 0 Å². The van der Waals surface area contributed by atoms with Crippen molar-refractivity contribution >= 4 is 29.5 Å². The highest BCUT2D eigenvalue weighted by Crippen LogP contribution is 2.33. The van der Waals surface area contributed by atoms with Crippen molar-refractivity contribution in [3.63, 3.8) is 0 Å². The summed E-state index contributed by atoms with van der Waals surface area (Å²) in [5.41, 5.74) is 1.61. The van der Waals surface area contributed by atoms with E-state index in [4.69, 9.17) is 16.0 Å². The maximum atomic E-state index is 13.3. The molecule has 2 aromatic rings. The number of furan rings is 1. The van der Waals surface area contributed by atoms with Crippen LogP contribution in [0.1, 0.15) is 44.8 Å². The summed E-state index contributed by atoms with van der Waals surface area (Å²) in [6.45, 7) is 1.64. The SMILES string of the molecule is CC1=C(C#N)C(=O)N(C2CCCCC2)C(=O)/C1=C/c1ccc(-c2ccc(Cl)cc2)o1. The lowest BCUT2D eigenvalue weighted by atomic mass is 9.89. The molecule has 0 N–H and O–H groups in total. The van der Waals surface area contributed by atoms with Crippen molar-refractivity contribution in [3.05, 3.63) is 63.9 Å². The highest BCUT2D eigenvalue weighted by molar-refractivity contribution is 6.30. The van der Waals surface area contributed by atoms with Crippen LogP contribution in [0.15, 0.2) is 57.5 Å².